The molecule has 14 heteroatoms. The average molecular weight is 916 g/mol. The van der Waals surface area contributed by atoms with Crippen molar-refractivity contribution in [3.05, 3.63) is 48.6 Å². The number of unbranched alkanes of at least 4 members (excludes halogenated alkanes) is 23. The Morgan fingerprint density at radius 1 is 0.651 bits per heavy atom. The number of nitrogens with one attached hydrogen (secondary N) is 1. The quantitative estimate of drug-likeness (QED) is 0.0133. The molecule has 1 saturated heterocycles. The van der Waals surface area contributed by atoms with Gasteiger partial charge in [-0.25, -0.2) is 4.18 Å². The van der Waals surface area contributed by atoms with Crippen molar-refractivity contribution in [1.29, 1.82) is 0 Å². The van der Waals surface area contributed by atoms with Crippen LogP contribution >= 0.6 is 0 Å². The Kier molecular flexibility index (Phi) is 36.7. The topological polar surface area (TPSA) is 212 Å². The number of rotatable bonds is 41. The number of hydrogen-bond donors (Lipinski definition) is 7. The zero-order valence-corrected chi connectivity index (χ0v) is 39.8. The molecule has 1 amide bonds. The molecule has 368 valence electrons. The first-order valence-electron chi connectivity index (χ1n) is 24.6. The van der Waals surface area contributed by atoms with Crippen LogP contribution in [0.25, 0.3) is 0 Å². The van der Waals surface area contributed by atoms with Gasteiger partial charge in [-0.2, -0.15) is 8.42 Å². The van der Waals surface area contributed by atoms with Crippen molar-refractivity contribution in [3.8, 4) is 0 Å². The maximum atomic E-state index is 13.1. The molecule has 0 aromatic heterocycles. The standard InChI is InChI=1S/C49H89NO12S/c1-3-5-7-9-11-13-15-17-19-21-22-24-26-28-30-32-34-36-38-43(53)48(56)50-41(40-60-49-46(55)47(62-63(57,58)59)45(54)44(39-51)61-49)42(52)37-35-33-31-29-27-25-23-20-18-16-14-12-10-8-6-4-2/h11,13,15,17,27,29,35,37,41-47,49,51-55H,3-10,12,14,16,18-26,28,30-34,36,38-40H2,1-2H3,(H,50,56)(H,57,58,59)/b13-11-,17-15-,29-27+,37-35+. The van der Waals surface area contributed by atoms with Gasteiger partial charge in [-0.3, -0.25) is 9.35 Å². The molecule has 0 aliphatic carbocycles. The molecule has 7 N–H and O–H groups in total. The highest BCUT2D eigenvalue weighted by Gasteiger charge is 2.48. The molecule has 1 fully saturated rings. The smallest absolute Gasteiger partial charge is 0.394 e. The molecule has 1 aliphatic rings. The number of amides is 1. The fraction of sp³-hybridized carbons (Fsp3) is 0.816. The number of aliphatic hydroxyl groups is 5. The molecule has 8 atom stereocenters. The summed E-state index contributed by atoms with van der Waals surface area (Å²) in [5, 5.41) is 55.3. The third-order valence-corrected chi connectivity index (χ3v) is 11.9. The van der Waals surface area contributed by atoms with Gasteiger partial charge in [0.1, 0.15) is 30.5 Å². The van der Waals surface area contributed by atoms with Crippen molar-refractivity contribution < 1.29 is 57.0 Å². The minimum Gasteiger partial charge on any atom is -0.394 e. The van der Waals surface area contributed by atoms with Gasteiger partial charge in [0, 0.05) is 0 Å². The van der Waals surface area contributed by atoms with E-state index in [2.05, 4.69) is 59.8 Å². The zero-order valence-electron chi connectivity index (χ0n) is 39.0. The van der Waals surface area contributed by atoms with Gasteiger partial charge in [-0.15, -0.1) is 0 Å². The van der Waals surface area contributed by atoms with Crippen molar-refractivity contribution in [3.63, 3.8) is 0 Å². The summed E-state index contributed by atoms with van der Waals surface area (Å²) in [6.07, 6.45) is 36.1. The van der Waals surface area contributed by atoms with Crippen LogP contribution in [0.4, 0.5) is 0 Å². The van der Waals surface area contributed by atoms with Crippen LogP contribution in [0.1, 0.15) is 194 Å². The molecule has 1 heterocycles. The predicted octanol–water partition coefficient (Wildman–Crippen LogP) is 9.02. The van der Waals surface area contributed by atoms with Crippen LogP contribution < -0.4 is 5.32 Å². The van der Waals surface area contributed by atoms with Crippen LogP contribution in [-0.4, -0.2) is 107 Å². The molecular formula is C49H89NO12S. The summed E-state index contributed by atoms with van der Waals surface area (Å²) in [4.78, 5) is 13.1. The van der Waals surface area contributed by atoms with Crippen LogP contribution in [0.2, 0.25) is 0 Å². The zero-order chi connectivity index (χ0) is 46.4. The molecule has 63 heavy (non-hydrogen) atoms. The van der Waals surface area contributed by atoms with E-state index in [1.165, 1.54) is 109 Å². The van der Waals surface area contributed by atoms with E-state index in [1.54, 1.807) is 6.08 Å². The minimum absolute atomic E-state index is 0.230. The van der Waals surface area contributed by atoms with Gasteiger partial charge in [0.15, 0.2) is 6.29 Å². The lowest BCUT2D eigenvalue weighted by atomic mass is 9.99. The van der Waals surface area contributed by atoms with Gasteiger partial charge in [-0.1, -0.05) is 184 Å². The average Bonchev–Trinajstić information content (AvgIpc) is 3.25. The van der Waals surface area contributed by atoms with E-state index in [9.17, 15) is 43.3 Å². The van der Waals surface area contributed by atoms with Gasteiger partial charge in [-0.05, 0) is 57.8 Å². The summed E-state index contributed by atoms with van der Waals surface area (Å²) in [5.74, 6) is -0.717. The lowest BCUT2D eigenvalue weighted by Crippen LogP contribution is -2.61. The molecule has 0 radical (unpaired) electrons. The molecule has 8 unspecified atom stereocenters. The van der Waals surface area contributed by atoms with Gasteiger partial charge < -0.3 is 40.3 Å². The van der Waals surface area contributed by atoms with E-state index in [4.69, 9.17) is 9.47 Å². The summed E-state index contributed by atoms with van der Waals surface area (Å²) in [7, 11) is -5.12. The number of allylic oxidation sites excluding steroid dienone is 7. The first-order valence-corrected chi connectivity index (χ1v) is 26.0. The Bertz CT molecular complexity index is 1330. The summed E-state index contributed by atoms with van der Waals surface area (Å²) >= 11 is 0. The van der Waals surface area contributed by atoms with Crippen LogP contribution in [0.15, 0.2) is 48.6 Å². The Hall–Kier alpha value is -1.98. The number of ether oxygens (including phenoxy) is 2. The van der Waals surface area contributed by atoms with Crippen LogP contribution in [-0.2, 0) is 28.9 Å². The molecule has 0 aromatic rings. The Balaban J connectivity index is 2.57. The van der Waals surface area contributed by atoms with Crippen LogP contribution in [0, 0.1) is 0 Å². The van der Waals surface area contributed by atoms with Gasteiger partial charge in [0.25, 0.3) is 0 Å². The summed E-state index contributed by atoms with van der Waals surface area (Å²) in [5.41, 5.74) is 0. The lowest BCUT2D eigenvalue weighted by Gasteiger charge is -2.41. The van der Waals surface area contributed by atoms with Crippen molar-refractivity contribution in [1.82, 2.24) is 5.32 Å². The van der Waals surface area contributed by atoms with Crippen molar-refractivity contribution in [2.24, 2.45) is 0 Å². The second kappa shape index (κ2) is 39.2. The highest BCUT2D eigenvalue weighted by atomic mass is 32.3. The normalized spacial score (nSPS) is 21.3. The first-order chi connectivity index (χ1) is 30.4. The monoisotopic (exact) mass is 916 g/mol. The van der Waals surface area contributed by atoms with Crippen molar-refractivity contribution in [2.75, 3.05) is 13.2 Å². The van der Waals surface area contributed by atoms with Crippen LogP contribution in [0.5, 0.6) is 0 Å². The molecule has 0 saturated carbocycles. The number of carbonyl (C=O) groups is 1. The predicted molar refractivity (Wildman–Crippen MR) is 251 cm³/mol. The molecule has 0 bridgehead atoms. The number of aliphatic hydroxyl groups excluding tert-OH is 5. The van der Waals surface area contributed by atoms with Crippen molar-refractivity contribution >= 4 is 16.3 Å². The van der Waals surface area contributed by atoms with E-state index in [0.717, 1.165) is 57.8 Å². The molecule has 0 spiro atoms. The maximum absolute atomic E-state index is 13.1. The number of hydrogen-bond acceptors (Lipinski definition) is 11. The molecule has 1 rings (SSSR count). The largest absolute Gasteiger partial charge is 0.397 e. The molecule has 13 nitrogen and oxygen atoms in total. The van der Waals surface area contributed by atoms with Gasteiger partial charge >= 0.3 is 10.4 Å². The van der Waals surface area contributed by atoms with E-state index in [-0.39, 0.29) is 6.42 Å². The lowest BCUT2D eigenvalue weighted by molar-refractivity contribution is -0.298. The maximum Gasteiger partial charge on any atom is 0.397 e. The van der Waals surface area contributed by atoms with E-state index >= 15 is 0 Å². The Morgan fingerprint density at radius 2 is 1.11 bits per heavy atom. The summed E-state index contributed by atoms with van der Waals surface area (Å²) in [6.45, 7) is 3.17. The summed E-state index contributed by atoms with van der Waals surface area (Å²) in [6, 6.07) is -1.14. The van der Waals surface area contributed by atoms with Gasteiger partial charge in [0.2, 0.25) is 5.91 Å². The van der Waals surface area contributed by atoms with Gasteiger partial charge in [0.05, 0.1) is 25.4 Å². The van der Waals surface area contributed by atoms with E-state index in [0.29, 0.717) is 12.8 Å². The Labute approximate surface area is 381 Å². The molecular weight excluding hydrogens is 827 g/mol. The highest BCUT2D eigenvalue weighted by Crippen LogP contribution is 2.26. The fourth-order valence-electron chi connectivity index (χ4n) is 7.53. The second-order valence-electron chi connectivity index (χ2n) is 17.2. The fourth-order valence-corrected chi connectivity index (χ4v) is 8.03. The number of carbonyl (C=O) groups excluding carboxylic acids is 1. The molecule has 1 aliphatic heterocycles. The van der Waals surface area contributed by atoms with E-state index < -0.39 is 78.5 Å². The van der Waals surface area contributed by atoms with E-state index in [1.807, 2.05) is 0 Å². The second-order valence-corrected chi connectivity index (χ2v) is 18.3. The first kappa shape index (κ1) is 59.0. The van der Waals surface area contributed by atoms with Crippen molar-refractivity contribution in [2.45, 2.75) is 243 Å². The summed E-state index contributed by atoms with van der Waals surface area (Å²) < 4.78 is 47.5. The highest BCUT2D eigenvalue weighted by molar-refractivity contribution is 7.80. The third-order valence-electron chi connectivity index (χ3n) is 11.5. The Morgan fingerprint density at radius 3 is 1.65 bits per heavy atom. The minimum atomic E-state index is -5.12. The molecule has 0 aromatic carbocycles. The third kappa shape index (κ3) is 31.6. The van der Waals surface area contributed by atoms with Crippen LogP contribution in [0.3, 0.4) is 0 Å². The SMILES string of the molecule is CCCCC/C=C\C=C/CCCCCCCCCCCC(O)C(=O)NC(COC1OC(CO)C(O)C(OS(=O)(=O)O)C1O)C(O)/C=C/CC/C=C/CCCCCCCCCCCC.